The predicted octanol–water partition coefficient (Wildman–Crippen LogP) is 2.39. The number of hydrogen-bond acceptors (Lipinski definition) is 4. The third-order valence-corrected chi connectivity index (χ3v) is 2.91. The van der Waals surface area contributed by atoms with E-state index in [0.29, 0.717) is 19.1 Å². The Balaban J connectivity index is 2.00. The smallest absolute Gasteiger partial charge is 0.119 e. The van der Waals surface area contributed by atoms with Gasteiger partial charge in [-0.3, -0.25) is 0 Å². The standard InChI is InChI=1S/C17H29NO3/c1-14(2)12-20-9-5-8-18-11-16(19)13-21-17-7-4-6-15(3)10-17/h4,6-7,10,14,16,18-19H,5,8-9,11-13H2,1-3H3. The van der Waals surface area contributed by atoms with Gasteiger partial charge in [-0.1, -0.05) is 26.0 Å². The van der Waals surface area contributed by atoms with Crippen molar-refractivity contribution >= 4 is 0 Å². The van der Waals surface area contributed by atoms with Gasteiger partial charge in [-0.05, 0) is 43.5 Å². The second-order valence-corrected chi connectivity index (χ2v) is 5.81. The lowest BCUT2D eigenvalue weighted by Crippen LogP contribution is -2.32. The Morgan fingerprint density at radius 2 is 2.05 bits per heavy atom. The van der Waals surface area contributed by atoms with Crippen molar-refractivity contribution in [2.75, 3.05) is 32.9 Å². The van der Waals surface area contributed by atoms with Crippen LogP contribution in [0.15, 0.2) is 24.3 Å². The molecule has 0 heterocycles. The maximum absolute atomic E-state index is 9.84. The summed E-state index contributed by atoms with van der Waals surface area (Å²) in [6.07, 6.45) is 0.458. The van der Waals surface area contributed by atoms with E-state index in [1.165, 1.54) is 0 Å². The molecule has 1 unspecified atom stereocenters. The van der Waals surface area contributed by atoms with Crippen molar-refractivity contribution in [3.05, 3.63) is 29.8 Å². The van der Waals surface area contributed by atoms with Crippen LogP contribution in [-0.4, -0.2) is 44.1 Å². The van der Waals surface area contributed by atoms with Crippen LogP contribution >= 0.6 is 0 Å². The number of ether oxygens (including phenoxy) is 2. The topological polar surface area (TPSA) is 50.7 Å². The van der Waals surface area contributed by atoms with E-state index in [4.69, 9.17) is 9.47 Å². The van der Waals surface area contributed by atoms with Gasteiger partial charge in [0.2, 0.25) is 0 Å². The maximum Gasteiger partial charge on any atom is 0.119 e. The van der Waals surface area contributed by atoms with Crippen LogP contribution in [-0.2, 0) is 4.74 Å². The molecule has 0 spiro atoms. The molecular formula is C17H29NO3. The molecule has 0 aliphatic rings. The molecule has 1 aromatic carbocycles. The van der Waals surface area contributed by atoms with Gasteiger partial charge in [-0.2, -0.15) is 0 Å². The summed E-state index contributed by atoms with van der Waals surface area (Å²) in [4.78, 5) is 0. The number of aliphatic hydroxyl groups is 1. The molecule has 0 saturated carbocycles. The lowest BCUT2D eigenvalue weighted by Gasteiger charge is -2.13. The average Bonchev–Trinajstić information content (AvgIpc) is 2.44. The Labute approximate surface area is 128 Å². The van der Waals surface area contributed by atoms with Gasteiger partial charge in [-0.15, -0.1) is 0 Å². The highest BCUT2D eigenvalue weighted by Gasteiger charge is 2.04. The summed E-state index contributed by atoms with van der Waals surface area (Å²) < 4.78 is 11.0. The second-order valence-electron chi connectivity index (χ2n) is 5.81. The summed E-state index contributed by atoms with van der Waals surface area (Å²) in [6.45, 7) is 9.57. The van der Waals surface area contributed by atoms with Gasteiger partial charge in [0, 0.05) is 19.8 Å². The normalized spacial score (nSPS) is 12.6. The van der Waals surface area contributed by atoms with E-state index in [2.05, 4.69) is 19.2 Å². The molecule has 4 heteroatoms. The molecule has 4 nitrogen and oxygen atoms in total. The zero-order valence-corrected chi connectivity index (χ0v) is 13.5. The first kappa shape index (κ1) is 18.0. The van der Waals surface area contributed by atoms with E-state index in [0.717, 1.165) is 37.5 Å². The molecule has 0 amide bonds. The van der Waals surface area contributed by atoms with Crippen molar-refractivity contribution in [2.45, 2.75) is 33.3 Å². The van der Waals surface area contributed by atoms with Gasteiger partial charge in [0.25, 0.3) is 0 Å². The van der Waals surface area contributed by atoms with Crippen molar-refractivity contribution in [2.24, 2.45) is 5.92 Å². The molecule has 0 saturated heterocycles. The van der Waals surface area contributed by atoms with Gasteiger partial charge >= 0.3 is 0 Å². The molecule has 1 aromatic rings. The van der Waals surface area contributed by atoms with Crippen LogP contribution in [0.5, 0.6) is 5.75 Å². The minimum Gasteiger partial charge on any atom is -0.491 e. The zero-order valence-electron chi connectivity index (χ0n) is 13.5. The van der Waals surface area contributed by atoms with Crippen LogP contribution < -0.4 is 10.1 Å². The van der Waals surface area contributed by atoms with Gasteiger partial charge in [0.05, 0.1) is 0 Å². The molecule has 0 aliphatic heterocycles. The zero-order chi connectivity index (χ0) is 15.5. The predicted molar refractivity (Wildman–Crippen MR) is 85.8 cm³/mol. The number of benzene rings is 1. The van der Waals surface area contributed by atoms with Gasteiger partial charge in [0.15, 0.2) is 0 Å². The quantitative estimate of drug-likeness (QED) is 0.616. The molecule has 1 atom stereocenters. The molecule has 0 fully saturated rings. The Kier molecular flexibility index (Phi) is 9.06. The fourth-order valence-electron chi connectivity index (χ4n) is 1.84. The maximum atomic E-state index is 9.84. The SMILES string of the molecule is Cc1cccc(OCC(O)CNCCCOCC(C)C)c1. The minimum absolute atomic E-state index is 0.306. The summed E-state index contributed by atoms with van der Waals surface area (Å²) in [7, 11) is 0. The van der Waals surface area contributed by atoms with E-state index in [1.807, 2.05) is 31.2 Å². The number of hydrogen-bond donors (Lipinski definition) is 2. The first-order valence-corrected chi connectivity index (χ1v) is 7.74. The lowest BCUT2D eigenvalue weighted by molar-refractivity contribution is 0.0980. The van der Waals surface area contributed by atoms with Gasteiger partial charge in [0.1, 0.15) is 18.5 Å². The van der Waals surface area contributed by atoms with E-state index in [1.54, 1.807) is 0 Å². The van der Waals surface area contributed by atoms with E-state index in [9.17, 15) is 5.11 Å². The van der Waals surface area contributed by atoms with Crippen molar-refractivity contribution in [3.63, 3.8) is 0 Å². The lowest BCUT2D eigenvalue weighted by atomic mass is 10.2. The van der Waals surface area contributed by atoms with Crippen LogP contribution in [0, 0.1) is 12.8 Å². The Morgan fingerprint density at radius 1 is 1.24 bits per heavy atom. The molecule has 21 heavy (non-hydrogen) atoms. The number of aliphatic hydroxyl groups excluding tert-OH is 1. The number of aryl methyl sites for hydroxylation is 1. The summed E-state index contributed by atoms with van der Waals surface area (Å²) in [6, 6.07) is 7.84. The summed E-state index contributed by atoms with van der Waals surface area (Å²) >= 11 is 0. The van der Waals surface area contributed by atoms with Crippen LogP contribution in [0.1, 0.15) is 25.8 Å². The average molecular weight is 295 g/mol. The molecule has 0 aromatic heterocycles. The van der Waals surface area contributed by atoms with Crippen molar-refractivity contribution in [1.29, 1.82) is 0 Å². The fraction of sp³-hybridized carbons (Fsp3) is 0.647. The molecule has 0 bridgehead atoms. The van der Waals surface area contributed by atoms with Crippen molar-refractivity contribution in [1.82, 2.24) is 5.32 Å². The molecule has 0 aliphatic carbocycles. The van der Waals surface area contributed by atoms with Crippen LogP contribution in [0.2, 0.25) is 0 Å². The highest BCUT2D eigenvalue weighted by Crippen LogP contribution is 2.12. The van der Waals surface area contributed by atoms with Crippen molar-refractivity contribution in [3.8, 4) is 5.75 Å². The van der Waals surface area contributed by atoms with Crippen LogP contribution in [0.4, 0.5) is 0 Å². The largest absolute Gasteiger partial charge is 0.491 e. The van der Waals surface area contributed by atoms with E-state index in [-0.39, 0.29) is 0 Å². The Bertz CT molecular complexity index is 382. The first-order chi connectivity index (χ1) is 10.1. The third kappa shape index (κ3) is 9.45. The van der Waals surface area contributed by atoms with E-state index >= 15 is 0 Å². The Hall–Kier alpha value is -1.10. The van der Waals surface area contributed by atoms with Crippen LogP contribution in [0.25, 0.3) is 0 Å². The molecule has 2 N–H and O–H groups in total. The highest BCUT2D eigenvalue weighted by atomic mass is 16.5. The summed E-state index contributed by atoms with van der Waals surface area (Å²) in [5.74, 6) is 1.38. The highest BCUT2D eigenvalue weighted by molar-refractivity contribution is 5.27. The second kappa shape index (κ2) is 10.6. The first-order valence-electron chi connectivity index (χ1n) is 7.74. The monoisotopic (exact) mass is 295 g/mol. The molecule has 0 radical (unpaired) electrons. The van der Waals surface area contributed by atoms with Crippen molar-refractivity contribution < 1.29 is 14.6 Å². The third-order valence-electron chi connectivity index (χ3n) is 2.91. The minimum atomic E-state index is -0.498. The number of rotatable bonds is 11. The summed E-state index contributed by atoms with van der Waals surface area (Å²) in [5.41, 5.74) is 1.15. The molecule has 1 rings (SSSR count). The Morgan fingerprint density at radius 3 is 2.76 bits per heavy atom. The van der Waals surface area contributed by atoms with E-state index < -0.39 is 6.10 Å². The number of nitrogens with one attached hydrogen (secondary N) is 1. The summed E-state index contributed by atoms with van der Waals surface area (Å²) in [5, 5.41) is 13.0. The van der Waals surface area contributed by atoms with Gasteiger partial charge < -0.3 is 19.9 Å². The van der Waals surface area contributed by atoms with Gasteiger partial charge in [-0.25, -0.2) is 0 Å². The molecular weight excluding hydrogens is 266 g/mol. The fourth-order valence-corrected chi connectivity index (χ4v) is 1.84. The molecule has 120 valence electrons. The van der Waals surface area contributed by atoms with Crippen LogP contribution in [0.3, 0.4) is 0 Å².